The minimum Gasteiger partial charge on any atom is -0.389 e. The number of anilines is 1. The van der Waals surface area contributed by atoms with Crippen molar-refractivity contribution in [3.63, 3.8) is 0 Å². The maximum atomic E-state index is 10.1. The number of benzene rings is 2. The Morgan fingerprint density at radius 3 is 2.67 bits per heavy atom. The Morgan fingerprint density at radius 2 is 1.79 bits per heavy atom. The molecule has 3 aromatic rings. The van der Waals surface area contributed by atoms with Crippen LogP contribution in [0.2, 0.25) is 0 Å². The Morgan fingerprint density at radius 1 is 1.00 bits per heavy atom. The number of rotatable bonds is 2. The van der Waals surface area contributed by atoms with Gasteiger partial charge in [-0.15, -0.1) is 0 Å². The summed E-state index contributed by atoms with van der Waals surface area (Å²) in [4.78, 5) is 11.6. The molecule has 0 bridgehead atoms. The highest BCUT2D eigenvalue weighted by Crippen LogP contribution is 2.28. The van der Waals surface area contributed by atoms with Gasteiger partial charge in [-0.2, -0.15) is 0 Å². The van der Waals surface area contributed by atoms with Crippen molar-refractivity contribution in [3.05, 3.63) is 54.6 Å². The van der Waals surface area contributed by atoms with Crippen molar-refractivity contribution in [2.24, 2.45) is 0 Å². The number of fused-ring (bicyclic) bond motifs is 1. The molecule has 1 aliphatic rings. The normalized spacial score (nSPS) is 18.5. The van der Waals surface area contributed by atoms with Gasteiger partial charge >= 0.3 is 0 Å². The quantitative estimate of drug-likeness (QED) is 0.786. The third-order valence-electron chi connectivity index (χ3n) is 4.16. The summed E-state index contributed by atoms with van der Waals surface area (Å²) in [5.41, 5.74) is 1.89. The van der Waals surface area contributed by atoms with Crippen molar-refractivity contribution in [1.29, 1.82) is 0 Å². The first-order valence-electron chi connectivity index (χ1n) is 8.14. The van der Waals surface area contributed by atoms with Crippen LogP contribution < -0.4 is 4.90 Å². The Balaban J connectivity index is 1.86. The van der Waals surface area contributed by atoms with Crippen LogP contribution in [0.15, 0.2) is 54.6 Å². The molecule has 1 fully saturated rings. The van der Waals surface area contributed by atoms with Gasteiger partial charge in [0, 0.05) is 24.0 Å². The van der Waals surface area contributed by atoms with E-state index in [1.54, 1.807) is 0 Å². The number of β-amino-alcohol motifs (C(OH)–C–C–N with tert-alkyl or cyclic N) is 1. The molecule has 0 saturated carbocycles. The van der Waals surface area contributed by atoms with E-state index in [0.29, 0.717) is 32.1 Å². The summed E-state index contributed by atoms with van der Waals surface area (Å²) in [6, 6.07) is 18.0. The lowest BCUT2D eigenvalue weighted by Gasteiger charge is -2.24. The third-order valence-corrected chi connectivity index (χ3v) is 4.16. The van der Waals surface area contributed by atoms with Crippen molar-refractivity contribution < 1.29 is 9.84 Å². The minimum absolute atomic E-state index is 0.366. The monoisotopic (exact) mass is 321 g/mol. The number of aliphatic hydroxyl groups is 1. The molecule has 122 valence electrons. The van der Waals surface area contributed by atoms with E-state index in [2.05, 4.69) is 4.90 Å². The van der Waals surface area contributed by atoms with Gasteiger partial charge in [0.2, 0.25) is 0 Å². The molecule has 5 nitrogen and oxygen atoms in total. The average Bonchev–Trinajstić information content (AvgIpc) is 2.86. The summed E-state index contributed by atoms with van der Waals surface area (Å²) < 4.78 is 5.45. The molecule has 1 aromatic heterocycles. The predicted molar refractivity (Wildman–Crippen MR) is 94.0 cm³/mol. The van der Waals surface area contributed by atoms with Crippen molar-refractivity contribution in [1.82, 2.24) is 9.97 Å². The zero-order valence-corrected chi connectivity index (χ0v) is 13.3. The highest BCUT2D eigenvalue weighted by molar-refractivity contribution is 5.91. The van der Waals surface area contributed by atoms with Gasteiger partial charge in [0.25, 0.3) is 0 Å². The van der Waals surface area contributed by atoms with Crippen LogP contribution in [0.5, 0.6) is 0 Å². The highest BCUT2D eigenvalue weighted by Gasteiger charge is 2.20. The summed E-state index contributed by atoms with van der Waals surface area (Å²) in [5.74, 6) is 1.55. The number of aliphatic hydroxyl groups excluding tert-OH is 1. The van der Waals surface area contributed by atoms with Gasteiger partial charge in [-0.3, -0.25) is 0 Å². The number of para-hydroxylation sites is 1. The maximum absolute atomic E-state index is 10.1. The molecule has 4 rings (SSSR count). The molecule has 24 heavy (non-hydrogen) atoms. The first-order valence-corrected chi connectivity index (χ1v) is 8.14. The van der Waals surface area contributed by atoms with Gasteiger partial charge in [0.05, 0.1) is 24.8 Å². The van der Waals surface area contributed by atoms with Crippen LogP contribution in [-0.4, -0.2) is 47.5 Å². The first kappa shape index (κ1) is 15.1. The van der Waals surface area contributed by atoms with Crippen LogP contribution in [0, 0.1) is 0 Å². The highest BCUT2D eigenvalue weighted by atomic mass is 16.5. The summed E-state index contributed by atoms with van der Waals surface area (Å²) in [7, 11) is 0. The molecule has 1 saturated heterocycles. The van der Waals surface area contributed by atoms with Gasteiger partial charge in [-0.25, -0.2) is 9.97 Å². The second-order valence-corrected chi connectivity index (χ2v) is 5.93. The second-order valence-electron chi connectivity index (χ2n) is 5.93. The van der Waals surface area contributed by atoms with Crippen LogP contribution in [-0.2, 0) is 4.74 Å². The van der Waals surface area contributed by atoms with Crippen LogP contribution in [0.1, 0.15) is 0 Å². The van der Waals surface area contributed by atoms with Crippen molar-refractivity contribution in [2.75, 3.05) is 31.2 Å². The summed E-state index contributed by atoms with van der Waals surface area (Å²) >= 11 is 0. The number of aromatic nitrogens is 2. The third kappa shape index (κ3) is 2.96. The van der Waals surface area contributed by atoms with Crippen molar-refractivity contribution in [2.45, 2.75) is 6.10 Å². The van der Waals surface area contributed by atoms with E-state index in [1.165, 1.54) is 0 Å². The van der Waals surface area contributed by atoms with Crippen molar-refractivity contribution in [3.8, 4) is 11.4 Å². The Labute approximate surface area is 140 Å². The molecule has 0 spiro atoms. The molecule has 2 heterocycles. The Bertz CT molecular complexity index is 838. The SMILES string of the molecule is OC1COCCN(c2nc(-c3ccccc3)nc3ccccc23)C1. The zero-order valence-electron chi connectivity index (χ0n) is 13.3. The second kappa shape index (κ2) is 6.55. The molecular formula is C19H19N3O2. The van der Waals surface area contributed by atoms with Gasteiger partial charge in [0.1, 0.15) is 5.82 Å². The molecule has 0 radical (unpaired) electrons. The summed E-state index contributed by atoms with van der Waals surface area (Å²) in [6.45, 7) is 2.16. The number of ether oxygens (including phenoxy) is 1. The van der Waals surface area contributed by atoms with E-state index < -0.39 is 6.10 Å². The van der Waals surface area contributed by atoms with Gasteiger partial charge in [-0.1, -0.05) is 42.5 Å². The molecule has 0 aliphatic carbocycles. The molecule has 1 unspecified atom stereocenters. The van der Waals surface area contributed by atoms with E-state index in [4.69, 9.17) is 14.7 Å². The molecular weight excluding hydrogens is 302 g/mol. The smallest absolute Gasteiger partial charge is 0.162 e. The Kier molecular flexibility index (Phi) is 4.11. The van der Waals surface area contributed by atoms with Crippen molar-refractivity contribution >= 4 is 16.7 Å². The van der Waals surface area contributed by atoms with Gasteiger partial charge in [-0.05, 0) is 12.1 Å². The van der Waals surface area contributed by atoms with Crippen LogP contribution in [0.4, 0.5) is 5.82 Å². The molecule has 0 amide bonds. The van der Waals surface area contributed by atoms with E-state index in [-0.39, 0.29) is 0 Å². The minimum atomic E-state index is -0.513. The molecule has 1 aliphatic heterocycles. The van der Waals surface area contributed by atoms with E-state index >= 15 is 0 Å². The molecule has 5 heteroatoms. The standard InChI is InChI=1S/C19H19N3O2/c23-15-12-22(10-11-24-13-15)19-16-8-4-5-9-17(16)20-18(21-19)14-6-2-1-3-7-14/h1-9,15,23H,10-13H2. The summed E-state index contributed by atoms with van der Waals surface area (Å²) in [6.07, 6.45) is -0.513. The van der Waals surface area contributed by atoms with E-state index in [9.17, 15) is 5.11 Å². The van der Waals surface area contributed by atoms with Gasteiger partial charge < -0.3 is 14.7 Å². The lowest BCUT2D eigenvalue weighted by Crippen LogP contribution is -2.33. The van der Waals surface area contributed by atoms with Gasteiger partial charge in [0.15, 0.2) is 5.82 Å². The zero-order chi connectivity index (χ0) is 16.4. The molecule has 2 aromatic carbocycles. The molecule has 1 atom stereocenters. The average molecular weight is 321 g/mol. The fraction of sp³-hybridized carbons (Fsp3) is 0.263. The lowest BCUT2D eigenvalue weighted by molar-refractivity contribution is 0.0597. The van der Waals surface area contributed by atoms with Crippen LogP contribution in [0.25, 0.3) is 22.3 Å². The fourth-order valence-corrected chi connectivity index (χ4v) is 3.00. The fourth-order valence-electron chi connectivity index (χ4n) is 3.00. The number of nitrogens with zero attached hydrogens (tertiary/aromatic N) is 3. The first-order chi connectivity index (χ1) is 11.8. The number of hydrogen-bond acceptors (Lipinski definition) is 5. The number of hydrogen-bond donors (Lipinski definition) is 1. The summed E-state index contributed by atoms with van der Waals surface area (Å²) in [5, 5.41) is 11.1. The Hall–Kier alpha value is -2.50. The van der Waals surface area contributed by atoms with Crippen LogP contribution >= 0.6 is 0 Å². The lowest BCUT2D eigenvalue weighted by atomic mass is 10.1. The topological polar surface area (TPSA) is 58.5 Å². The largest absolute Gasteiger partial charge is 0.389 e. The van der Waals surface area contributed by atoms with Crippen LogP contribution in [0.3, 0.4) is 0 Å². The predicted octanol–water partition coefficient (Wildman–Crippen LogP) is 2.49. The van der Waals surface area contributed by atoms with E-state index in [0.717, 1.165) is 22.3 Å². The van der Waals surface area contributed by atoms with E-state index in [1.807, 2.05) is 54.6 Å². The maximum Gasteiger partial charge on any atom is 0.162 e. The molecule has 1 N–H and O–H groups in total.